The molecule has 2 aliphatic rings. The average molecular weight is 444 g/mol. The Labute approximate surface area is 196 Å². The van der Waals surface area contributed by atoms with Crippen LogP contribution in [0.2, 0.25) is 0 Å². The van der Waals surface area contributed by atoms with Gasteiger partial charge in [-0.1, -0.05) is 59.8 Å². The summed E-state index contributed by atoms with van der Waals surface area (Å²) >= 11 is 0. The maximum atomic E-state index is 12.9. The molecule has 1 fully saturated rings. The number of fused-ring (bicyclic) bond motifs is 2. The highest BCUT2D eigenvalue weighted by Crippen LogP contribution is 2.44. The summed E-state index contributed by atoms with van der Waals surface area (Å²) in [7, 11) is 0. The van der Waals surface area contributed by atoms with Crippen molar-refractivity contribution < 1.29 is 9.32 Å². The summed E-state index contributed by atoms with van der Waals surface area (Å²) in [4.78, 5) is 15.5. The van der Waals surface area contributed by atoms with Gasteiger partial charge in [0.2, 0.25) is 0 Å². The molecule has 1 atom stereocenters. The maximum absolute atomic E-state index is 12.9. The second-order valence-electron chi connectivity index (χ2n) is 9.61. The highest BCUT2D eigenvalue weighted by molar-refractivity contribution is 6.00. The number of piperidine rings is 1. The largest absolute Gasteiger partial charge is 0.360 e. The number of amides is 1. The average Bonchev–Trinajstić information content (AvgIpc) is 3.40. The first kappa shape index (κ1) is 21.9. The van der Waals surface area contributed by atoms with Crippen molar-refractivity contribution in [3.8, 4) is 11.3 Å². The van der Waals surface area contributed by atoms with Crippen LogP contribution < -0.4 is 5.32 Å². The van der Waals surface area contributed by atoms with Crippen molar-refractivity contribution in [2.45, 2.75) is 50.9 Å². The lowest BCUT2D eigenvalue weighted by Crippen LogP contribution is -2.45. The van der Waals surface area contributed by atoms with Gasteiger partial charge < -0.3 is 14.7 Å². The first-order chi connectivity index (χ1) is 16.2. The zero-order chi connectivity index (χ0) is 22.7. The van der Waals surface area contributed by atoms with E-state index >= 15 is 0 Å². The topological polar surface area (TPSA) is 58.4 Å². The SMILES string of the molecule is Cc1onc(-c2ccccc2)c1C(=O)NCCCCN1CCCC2(CCc3ccccc32)C1. The molecule has 5 heteroatoms. The number of nitrogens with one attached hydrogen (secondary N) is 1. The number of likely N-dealkylation sites (tertiary alicyclic amines) is 1. The van der Waals surface area contributed by atoms with Crippen molar-refractivity contribution in [2.24, 2.45) is 0 Å². The fraction of sp³-hybridized carbons (Fsp3) is 0.429. The summed E-state index contributed by atoms with van der Waals surface area (Å²) < 4.78 is 5.33. The Bertz CT molecular complexity index is 1100. The van der Waals surface area contributed by atoms with Crippen LogP contribution in [-0.2, 0) is 11.8 Å². The third-order valence-corrected chi connectivity index (χ3v) is 7.44. The van der Waals surface area contributed by atoms with E-state index < -0.39 is 0 Å². The van der Waals surface area contributed by atoms with E-state index in [0.717, 1.165) is 24.9 Å². The van der Waals surface area contributed by atoms with Crippen molar-refractivity contribution in [3.63, 3.8) is 0 Å². The molecular formula is C28H33N3O2. The fourth-order valence-electron chi connectivity index (χ4n) is 5.79. The van der Waals surface area contributed by atoms with E-state index in [4.69, 9.17) is 4.52 Å². The molecule has 172 valence electrons. The molecule has 0 saturated carbocycles. The molecular weight excluding hydrogens is 410 g/mol. The zero-order valence-electron chi connectivity index (χ0n) is 19.5. The Morgan fingerprint density at radius 3 is 2.79 bits per heavy atom. The third-order valence-electron chi connectivity index (χ3n) is 7.44. The van der Waals surface area contributed by atoms with Gasteiger partial charge in [0, 0.05) is 24.1 Å². The Balaban J connectivity index is 1.11. The summed E-state index contributed by atoms with van der Waals surface area (Å²) in [6.45, 7) is 5.93. The van der Waals surface area contributed by atoms with Gasteiger partial charge in [-0.25, -0.2) is 0 Å². The monoisotopic (exact) mass is 443 g/mol. The summed E-state index contributed by atoms with van der Waals surface area (Å²) in [5.74, 6) is 0.453. The molecule has 2 heterocycles. The quantitative estimate of drug-likeness (QED) is 0.514. The summed E-state index contributed by atoms with van der Waals surface area (Å²) in [6, 6.07) is 18.8. The second-order valence-corrected chi connectivity index (χ2v) is 9.61. The van der Waals surface area contributed by atoms with Gasteiger partial charge >= 0.3 is 0 Å². The van der Waals surface area contributed by atoms with E-state index in [1.54, 1.807) is 18.1 Å². The number of aryl methyl sites for hydroxylation is 2. The number of hydrogen-bond donors (Lipinski definition) is 1. The highest BCUT2D eigenvalue weighted by Gasteiger charge is 2.41. The molecule has 1 aliphatic heterocycles. The van der Waals surface area contributed by atoms with E-state index in [-0.39, 0.29) is 5.91 Å². The molecule has 5 rings (SSSR count). The van der Waals surface area contributed by atoms with Gasteiger partial charge in [0.1, 0.15) is 17.0 Å². The molecule has 1 aromatic heterocycles. The predicted molar refractivity (Wildman–Crippen MR) is 130 cm³/mol. The number of carbonyl (C=O) groups excluding carboxylic acids is 1. The van der Waals surface area contributed by atoms with Crippen molar-refractivity contribution in [2.75, 3.05) is 26.2 Å². The standard InChI is InChI=1S/C28H33N3O2/c1-21-25(26(30-33-21)23-11-3-2-4-12-23)27(32)29-17-7-8-18-31-19-9-15-28(20-31)16-14-22-10-5-6-13-24(22)28/h2-6,10-13H,7-9,14-20H2,1H3,(H,29,32). The molecule has 2 aromatic carbocycles. The van der Waals surface area contributed by atoms with Crippen LogP contribution in [0.15, 0.2) is 59.1 Å². The predicted octanol–water partition coefficient (Wildman–Crippen LogP) is 5.14. The number of unbranched alkanes of at least 4 members (excludes halogenated alkanes) is 1. The lowest BCUT2D eigenvalue weighted by Gasteiger charge is -2.41. The second kappa shape index (κ2) is 9.52. The van der Waals surface area contributed by atoms with Gasteiger partial charge in [-0.05, 0) is 69.7 Å². The first-order valence-corrected chi connectivity index (χ1v) is 12.3. The fourth-order valence-corrected chi connectivity index (χ4v) is 5.79. The Hall–Kier alpha value is -2.92. The van der Waals surface area contributed by atoms with Crippen LogP contribution in [0, 0.1) is 6.92 Å². The lowest BCUT2D eigenvalue weighted by molar-refractivity contribution is 0.0950. The third kappa shape index (κ3) is 4.47. The molecule has 1 unspecified atom stereocenters. The Morgan fingerprint density at radius 1 is 1.09 bits per heavy atom. The van der Waals surface area contributed by atoms with Crippen LogP contribution in [0.4, 0.5) is 0 Å². The first-order valence-electron chi connectivity index (χ1n) is 12.3. The van der Waals surface area contributed by atoms with Gasteiger partial charge in [-0.3, -0.25) is 4.79 Å². The van der Waals surface area contributed by atoms with E-state index in [1.807, 2.05) is 30.3 Å². The minimum absolute atomic E-state index is 0.105. The molecule has 5 nitrogen and oxygen atoms in total. The van der Waals surface area contributed by atoms with Crippen LogP contribution in [-0.4, -0.2) is 42.1 Å². The number of benzene rings is 2. The van der Waals surface area contributed by atoms with Crippen LogP contribution >= 0.6 is 0 Å². The number of carbonyl (C=O) groups is 1. The molecule has 0 radical (unpaired) electrons. The van der Waals surface area contributed by atoms with Gasteiger partial charge in [0.05, 0.1) is 0 Å². The van der Waals surface area contributed by atoms with Gasteiger partial charge in [-0.15, -0.1) is 0 Å². The summed E-state index contributed by atoms with van der Waals surface area (Å²) in [6.07, 6.45) is 7.17. The minimum atomic E-state index is -0.105. The Kier molecular flexibility index (Phi) is 6.32. The Morgan fingerprint density at radius 2 is 1.91 bits per heavy atom. The van der Waals surface area contributed by atoms with Gasteiger partial charge in [0.15, 0.2) is 0 Å². The summed E-state index contributed by atoms with van der Waals surface area (Å²) in [5.41, 5.74) is 5.57. The van der Waals surface area contributed by atoms with Gasteiger partial charge in [0.25, 0.3) is 5.91 Å². The molecule has 1 spiro atoms. The van der Waals surface area contributed by atoms with E-state index in [0.29, 0.717) is 29.0 Å². The zero-order valence-corrected chi connectivity index (χ0v) is 19.5. The van der Waals surface area contributed by atoms with Crippen LogP contribution in [0.5, 0.6) is 0 Å². The highest BCUT2D eigenvalue weighted by atomic mass is 16.5. The van der Waals surface area contributed by atoms with Crippen molar-refractivity contribution in [1.29, 1.82) is 0 Å². The van der Waals surface area contributed by atoms with E-state index in [1.165, 1.54) is 38.8 Å². The lowest BCUT2D eigenvalue weighted by atomic mass is 9.75. The van der Waals surface area contributed by atoms with E-state index in [9.17, 15) is 4.79 Å². The number of hydrogen-bond acceptors (Lipinski definition) is 4. The molecule has 1 aliphatic carbocycles. The molecule has 33 heavy (non-hydrogen) atoms. The van der Waals surface area contributed by atoms with Crippen molar-refractivity contribution in [1.82, 2.24) is 15.4 Å². The molecule has 1 amide bonds. The molecule has 3 aromatic rings. The molecule has 1 N–H and O–H groups in total. The maximum Gasteiger partial charge on any atom is 0.257 e. The van der Waals surface area contributed by atoms with E-state index in [2.05, 4.69) is 39.6 Å². The van der Waals surface area contributed by atoms with Crippen molar-refractivity contribution in [3.05, 3.63) is 77.0 Å². The molecule has 0 bridgehead atoms. The minimum Gasteiger partial charge on any atom is -0.360 e. The normalized spacial score (nSPS) is 20.2. The van der Waals surface area contributed by atoms with Crippen LogP contribution in [0.1, 0.15) is 59.3 Å². The van der Waals surface area contributed by atoms with Crippen molar-refractivity contribution >= 4 is 5.91 Å². The summed E-state index contributed by atoms with van der Waals surface area (Å²) in [5, 5.41) is 7.20. The smallest absolute Gasteiger partial charge is 0.257 e. The number of nitrogens with zero attached hydrogens (tertiary/aromatic N) is 2. The van der Waals surface area contributed by atoms with Gasteiger partial charge in [-0.2, -0.15) is 0 Å². The van der Waals surface area contributed by atoms with Crippen LogP contribution in [0.3, 0.4) is 0 Å². The van der Waals surface area contributed by atoms with Crippen LogP contribution in [0.25, 0.3) is 11.3 Å². The number of rotatable bonds is 7. The molecule has 1 saturated heterocycles. The number of aromatic nitrogens is 1.